The number of hydrogen-bond acceptors (Lipinski definition) is 3. The maximum absolute atomic E-state index is 14.3. The average molecular weight is 473 g/mol. The topological polar surface area (TPSA) is 54.5 Å². The first-order valence-electron chi connectivity index (χ1n) is 9.85. The van der Waals surface area contributed by atoms with Gasteiger partial charge in [-0.05, 0) is 37.0 Å². The Bertz CT molecular complexity index is 1130. The van der Waals surface area contributed by atoms with Crippen LogP contribution in [-0.4, -0.2) is 24.5 Å². The summed E-state index contributed by atoms with van der Waals surface area (Å²) in [6, 6.07) is 5.72. The molecule has 0 heterocycles. The molecule has 0 amide bonds. The van der Waals surface area contributed by atoms with Crippen molar-refractivity contribution in [2.75, 3.05) is 0 Å². The zero-order chi connectivity index (χ0) is 23.6. The first-order chi connectivity index (χ1) is 15.0. The van der Waals surface area contributed by atoms with E-state index < -0.39 is 50.0 Å². The number of hydrogen-bond donors (Lipinski definition) is 0. The van der Waals surface area contributed by atoms with Crippen molar-refractivity contribution in [3.05, 3.63) is 70.6 Å². The number of allylic oxidation sites excluding steroid dienone is 1. The van der Waals surface area contributed by atoms with Crippen LogP contribution in [0.15, 0.2) is 35.2 Å². The summed E-state index contributed by atoms with van der Waals surface area (Å²) in [5, 5.41) is 0. The van der Waals surface area contributed by atoms with Crippen LogP contribution in [0.2, 0.25) is 0 Å². The molecule has 0 radical (unpaired) electrons. The molecule has 0 unspecified atom stereocenters. The molecule has 0 aromatic heterocycles. The molecule has 0 aliphatic heterocycles. The fourth-order valence-corrected chi connectivity index (χ4v) is 5.45. The van der Waals surface area contributed by atoms with Crippen molar-refractivity contribution in [3.63, 3.8) is 0 Å². The highest BCUT2D eigenvalue weighted by molar-refractivity contribution is 7.89. The Balaban J connectivity index is 2.03. The first kappa shape index (κ1) is 24.1. The van der Waals surface area contributed by atoms with Gasteiger partial charge in [0.25, 0.3) is 0 Å². The molecule has 0 bridgehead atoms. The molecular weight excluding hydrogens is 453 g/mol. The second kappa shape index (κ2) is 9.50. The third kappa shape index (κ3) is 4.75. The molecule has 1 fully saturated rings. The molecule has 2 aromatic rings. The van der Waals surface area contributed by atoms with E-state index in [1.165, 1.54) is 13.0 Å². The molecule has 0 spiro atoms. The Kier molecular flexibility index (Phi) is 7.14. The number of nitrogens with zero attached hydrogens (tertiary/aromatic N) is 1. The summed E-state index contributed by atoms with van der Waals surface area (Å²) in [5.41, 5.74) is 1.11. The van der Waals surface area contributed by atoms with E-state index in [4.69, 9.17) is 0 Å². The molecule has 32 heavy (non-hydrogen) atoms. The van der Waals surface area contributed by atoms with Gasteiger partial charge >= 0.3 is 0 Å². The zero-order valence-electron chi connectivity index (χ0n) is 17.0. The lowest BCUT2D eigenvalue weighted by molar-refractivity contribution is -0.112. The van der Waals surface area contributed by atoms with Gasteiger partial charge in [-0.1, -0.05) is 43.2 Å². The molecule has 0 saturated heterocycles. The van der Waals surface area contributed by atoms with Crippen LogP contribution < -0.4 is 0 Å². The number of carbonyl (C=O) groups excluding carboxylic acids is 1. The summed E-state index contributed by atoms with van der Waals surface area (Å²) >= 11 is 0. The normalized spacial score (nSPS) is 15.2. The SMILES string of the molecule is CC(=O)/C=C/c1ccc(CN(C2CCCC2)S(=O)(=O)c2c(F)c(F)c(F)c(F)c2F)cc1. The van der Waals surface area contributed by atoms with Crippen LogP contribution in [0.5, 0.6) is 0 Å². The fourth-order valence-electron chi connectivity index (χ4n) is 3.66. The van der Waals surface area contributed by atoms with Gasteiger partial charge in [-0.2, -0.15) is 4.31 Å². The molecule has 1 aliphatic rings. The second-order valence-corrected chi connectivity index (χ2v) is 9.40. The van der Waals surface area contributed by atoms with E-state index in [0.717, 1.165) is 4.31 Å². The van der Waals surface area contributed by atoms with Crippen molar-refractivity contribution < 1.29 is 35.2 Å². The lowest BCUT2D eigenvalue weighted by Gasteiger charge is -2.28. The third-order valence-corrected chi connectivity index (χ3v) is 7.22. The van der Waals surface area contributed by atoms with Crippen LogP contribution in [0, 0.1) is 29.1 Å². The minimum absolute atomic E-state index is 0.157. The highest BCUT2D eigenvalue weighted by Gasteiger charge is 2.40. The summed E-state index contributed by atoms with van der Waals surface area (Å²) in [6.07, 6.45) is 5.05. The van der Waals surface area contributed by atoms with Crippen LogP contribution in [0.25, 0.3) is 6.08 Å². The molecular formula is C22H20F5NO3S. The van der Waals surface area contributed by atoms with Crippen molar-refractivity contribution in [2.24, 2.45) is 0 Å². The standard InChI is InChI=1S/C22H20F5NO3S/c1-13(29)6-7-14-8-10-15(11-9-14)12-28(16-4-2-3-5-16)32(30,31)22-20(26)18(24)17(23)19(25)21(22)27/h6-11,16H,2-5,12H2,1H3/b7-6+. The highest BCUT2D eigenvalue weighted by atomic mass is 32.2. The van der Waals surface area contributed by atoms with E-state index in [2.05, 4.69) is 0 Å². The maximum Gasteiger partial charge on any atom is 0.249 e. The number of rotatable bonds is 7. The van der Waals surface area contributed by atoms with Crippen molar-refractivity contribution >= 4 is 21.9 Å². The number of benzene rings is 2. The minimum Gasteiger partial charge on any atom is -0.295 e. The summed E-state index contributed by atoms with van der Waals surface area (Å²) in [4.78, 5) is 9.20. The molecule has 3 rings (SSSR count). The van der Waals surface area contributed by atoms with E-state index in [-0.39, 0.29) is 12.3 Å². The van der Waals surface area contributed by atoms with Crippen LogP contribution in [0.4, 0.5) is 22.0 Å². The maximum atomic E-state index is 14.3. The van der Waals surface area contributed by atoms with Gasteiger partial charge in [0, 0.05) is 12.6 Å². The Morgan fingerprint density at radius 2 is 1.44 bits per heavy atom. The van der Waals surface area contributed by atoms with Gasteiger partial charge in [0.15, 0.2) is 33.9 Å². The van der Waals surface area contributed by atoms with Crippen molar-refractivity contribution in [2.45, 2.75) is 50.1 Å². The van der Waals surface area contributed by atoms with Crippen LogP contribution in [0.3, 0.4) is 0 Å². The fraction of sp³-hybridized carbons (Fsp3) is 0.318. The minimum atomic E-state index is -5.06. The summed E-state index contributed by atoms with van der Waals surface area (Å²) in [7, 11) is -5.06. The lowest BCUT2D eigenvalue weighted by Crippen LogP contribution is -2.39. The molecule has 4 nitrogen and oxygen atoms in total. The average Bonchev–Trinajstić information content (AvgIpc) is 3.28. The Labute approximate surface area is 182 Å². The van der Waals surface area contributed by atoms with Gasteiger partial charge in [0.2, 0.25) is 15.8 Å². The monoisotopic (exact) mass is 473 g/mol. The van der Waals surface area contributed by atoms with E-state index in [1.807, 2.05) is 0 Å². The molecule has 0 atom stereocenters. The van der Waals surface area contributed by atoms with Crippen LogP contribution >= 0.6 is 0 Å². The predicted octanol–water partition coefficient (Wildman–Crippen LogP) is 5.12. The first-order valence-corrected chi connectivity index (χ1v) is 11.3. The van der Waals surface area contributed by atoms with Crippen molar-refractivity contribution in [1.29, 1.82) is 0 Å². The van der Waals surface area contributed by atoms with Gasteiger partial charge in [0.05, 0.1) is 0 Å². The summed E-state index contributed by atoms with van der Waals surface area (Å²) in [5.74, 6) is -12.0. The molecule has 172 valence electrons. The van der Waals surface area contributed by atoms with E-state index in [9.17, 15) is 35.2 Å². The molecule has 0 N–H and O–H groups in total. The van der Waals surface area contributed by atoms with Gasteiger partial charge < -0.3 is 0 Å². The second-order valence-electron chi connectivity index (χ2n) is 7.57. The number of sulfonamides is 1. The van der Waals surface area contributed by atoms with E-state index in [0.29, 0.717) is 36.8 Å². The van der Waals surface area contributed by atoms with Gasteiger partial charge in [-0.3, -0.25) is 4.79 Å². The van der Waals surface area contributed by atoms with E-state index >= 15 is 0 Å². The third-order valence-electron chi connectivity index (χ3n) is 5.30. The molecule has 10 heteroatoms. The van der Waals surface area contributed by atoms with Crippen molar-refractivity contribution in [3.8, 4) is 0 Å². The predicted molar refractivity (Wildman–Crippen MR) is 107 cm³/mol. The smallest absolute Gasteiger partial charge is 0.249 e. The van der Waals surface area contributed by atoms with Crippen LogP contribution in [0.1, 0.15) is 43.7 Å². The van der Waals surface area contributed by atoms with E-state index in [1.54, 1.807) is 30.3 Å². The number of ketones is 1. The number of halogens is 5. The molecule has 2 aromatic carbocycles. The summed E-state index contributed by atoms with van der Waals surface area (Å²) < 4.78 is 96.6. The Morgan fingerprint density at radius 3 is 1.94 bits per heavy atom. The highest BCUT2D eigenvalue weighted by Crippen LogP contribution is 2.34. The quantitative estimate of drug-likeness (QED) is 0.243. The van der Waals surface area contributed by atoms with Crippen LogP contribution in [-0.2, 0) is 21.4 Å². The van der Waals surface area contributed by atoms with Gasteiger partial charge in [-0.25, -0.2) is 30.4 Å². The lowest BCUT2D eigenvalue weighted by atomic mass is 10.1. The molecule has 1 saturated carbocycles. The Morgan fingerprint density at radius 1 is 0.938 bits per heavy atom. The largest absolute Gasteiger partial charge is 0.295 e. The Hall–Kier alpha value is -2.59. The number of carbonyl (C=O) groups is 1. The van der Waals surface area contributed by atoms with Gasteiger partial charge in [0.1, 0.15) is 0 Å². The van der Waals surface area contributed by atoms with Crippen molar-refractivity contribution in [1.82, 2.24) is 4.31 Å². The summed E-state index contributed by atoms with van der Waals surface area (Å²) in [6.45, 7) is 1.07. The molecule has 1 aliphatic carbocycles. The van der Waals surface area contributed by atoms with Gasteiger partial charge in [-0.15, -0.1) is 0 Å². The zero-order valence-corrected chi connectivity index (χ0v) is 17.9.